The van der Waals surface area contributed by atoms with E-state index < -0.39 is 0 Å². The van der Waals surface area contributed by atoms with Crippen molar-refractivity contribution in [2.75, 3.05) is 19.1 Å². The fourth-order valence-corrected chi connectivity index (χ4v) is 2.02. The lowest BCUT2D eigenvalue weighted by atomic mass is 9.93. The average Bonchev–Trinajstić information content (AvgIpc) is 2.26. The smallest absolute Gasteiger partial charge is 0.229 e. The number of carbonyl (C=O) groups excluding carboxylic acids is 1. The summed E-state index contributed by atoms with van der Waals surface area (Å²) in [5, 5.41) is 0. The molecule has 0 N–H and O–H groups in total. The maximum atomic E-state index is 11.8. The number of hydrogen-bond donors (Lipinski definition) is 0. The van der Waals surface area contributed by atoms with Gasteiger partial charge in [0.15, 0.2) is 0 Å². The van der Waals surface area contributed by atoms with Crippen LogP contribution in [-0.2, 0) is 11.2 Å². The standard InChI is InChI=1S/C12H15NO2/c1-8-6-9-4-5-10(15-3)7-11(9)13(2)12(8)14/h4-5,7-8H,6H2,1-3H3. The first-order chi connectivity index (χ1) is 7.13. The molecule has 1 aliphatic rings. The van der Waals surface area contributed by atoms with Gasteiger partial charge in [0.1, 0.15) is 5.75 Å². The van der Waals surface area contributed by atoms with Gasteiger partial charge in [0.25, 0.3) is 0 Å². The normalized spacial score (nSPS) is 20.1. The highest BCUT2D eigenvalue weighted by Gasteiger charge is 2.27. The first-order valence-electron chi connectivity index (χ1n) is 5.08. The molecule has 1 aromatic rings. The van der Waals surface area contributed by atoms with Gasteiger partial charge in [0.2, 0.25) is 5.91 Å². The number of anilines is 1. The first-order valence-corrected chi connectivity index (χ1v) is 5.08. The molecule has 0 spiro atoms. The van der Waals surface area contributed by atoms with Gasteiger partial charge in [-0.1, -0.05) is 13.0 Å². The Balaban J connectivity index is 2.47. The van der Waals surface area contributed by atoms with E-state index in [0.29, 0.717) is 0 Å². The molecule has 0 saturated carbocycles. The molecule has 0 saturated heterocycles. The van der Waals surface area contributed by atoms with Crippen LogP contribution in [0, 0.1) is 5.92 Å². The fraction of sp³-hybridized carbons (Fsp3) is 0.417. The van der Waals surface area contributed by atoms with Crippen LogP contribution in [0.1, 0.15) is 12.5 Å². The first kappa shape index (κ1) is 10.0. The summed E-state index contributed by atoms with van der Waals surface area (Å²) < 4.78 is 5.15. The molecule has 0 fully saturated rings. The van der Waals surface area contributed by atoms with Gasteiger partial charge >= 0.3 is 0 Å². The van der Waals surface area contributed by atoms with Gasteiger partial charge in [-0.25, -0.2) is 0 Å². The molecule has 1 unspecified atom stereocenters. The molecule has 3 heteroatoms. The van der Waals surface area contributed by atoms with E-state index >= 15 is 0 Å². The summed E-state index contributed by atoms with van der Waals surface area (Å²) in [5.74, 6) is 1.05. The van der Waals surface area contributed by atoms with E-state index in [1.807, 2.05) is 32.2 Å². The minimum atomic E-state index is 0.0795. The lowest BCUT2D eigenvalue weighted by Crippen LogP contribution is -2.37. The number of methoxy groups -OCH3 is 1. The Hall–Kier alpha value is -1.51. The predicted molar refractivity (Wildman–Crippen MR) is 59.3 cm³/mol. The minimum absolute atomic E-state index is 0.0795. The van der Waals surface area contributed by atoms with Crippen molar-refractivity contribution in [2.45, 2.75) is 13.3 Å². The van der Waals surface area contributed by atoms with Crippen LogP contribution in [0.3, 0.4) is 0 Å². The maximum absolute atomic E-state index is 11.8. The summed E-state index contributed by atoms with van der Waals surface area (Å²) in [4.78, 5) is 13.5. The molecule has 0 bridgehead atoms. The zero-order valence-electron chi connectivity index (χ0n) is 9.28. The zero-order valence-corrected chi connectivity index (χ0v) is 9.28. The van der Waals surface area contributed by atoms with Gasteiger partial charge in [0, 0.05) is 19.0 Å². The quantitative estimate of drug-likeness (QED) is 0.700. The van der Waals surface area contributed by atoms with E-state index in [-0.39, 0.29) is 11.8 Å². The SMILES string of the molecule is COc1ccc2c(c1)N(C)C(=O)C(C)C2. The Labute approximate surface area is 89.7 Å². The molecule has 0 aromatic heterocycles. The number of amides is 1. The van der Waals surface area contributed by atoms with Crippen molar-refractivity contribution in [3.8, 4) is 5.75 Å². The van der Waals surface area contributed by atoms with Crippen molar-refractivity contribution in [3.05, 3.63) is 23.8 Å². The number of carbonyl (C=O) groups is 1. The van der Waals surface area contributed by atoms with E-state index in [2.05, 4.69) is 0 Å². The topological polar surface area (TPSA) is 29.5 Å². The van der Waals surface area contributed by atoms with Crippen molar-refractivity contribution in [3.63, 3.8) is 0 Å². The third kappa shape index (κ3) is 1.58. The Kier molecular flexibility index (Phi) is 2.39. The molecular formula is C12H15NO2. The van der Waals surface area contributed by atoms with Gasteiger partial charge in [-0.2, -0.15) is 0 Å². The van der Waals surface area contributed by atoms with E-state index in [9.17, 15) is 4.79 Å². The Bertz CT molecular complexity index is 401. The van der Waals surface area contributed by atoms with Crippen LogP contribution in [0.15, 0.2) is 18.2 Å². The van der Waals surface area contributed by atoms with Crippen molar-refractivity contribution in [1.29, 1.82) is 0 Å². The molecule has 3 nitrogen and oxygen atoms in total. The summed E-state index contributed by atoms with van der Waals surface area (Å²) >= 11 is 0. The summed E-state index contributed by atoms with van der Waals surface area (Å²) in [7, 11) is 3.45. The number of rotatable bonds is 1. The maximum Gasteiger partial charge on any atom is 0.229 e. The van der Waals surface area contributed by atoms with Crippen LogP contribution in [0.5, 0.6) is 5.75 Å². The summed E-state index contributed by atoms with van der Waals surface area (Å²) in [6.45, 7) is 1.96. The van der Waals surface area contributed by atoms with Crippen molar-refractivity contribution in [1.82, 2.24) is 0 Å². The van der Waals surface area contributed by atoms with Crippen LogP contribution in [-0.4, -0.2) is 20.1 Å². The molecule has 2 rings (SSSR count). The molecular weight excluding hydrogens is 190 g/mol. The number of benzene rings is 1. The number of hydrogen-bond acceptors (Lipinski definition) is 2. The summed E-state index contributed by atoms with van der Waals surface area (Å²) in [6, 6.07) is 5.89. The third-order valence-electron chi connectivity index (χ3n) is 2.93. The third-order valence-corrected chi connectivity index (χ3v) is 2.93. The second kappa shape index (κ2) is 3.57. The van der Waals surface area contributed by atoms with Gasteiger partial charge in [-0.05, 0) is 18.1 Å². The van der Waals surface area contributed by atoms with Gasteiger partial charge in [-0.15, -0.1) is 0 Å². The molecule has 1 heterocycles. The zero-order chi connectivity index (χ0) is 11.0. The van der Waals surface area contributed by atoms with Crippen LogP contribution >= 0.6 is 0 Å². The second-order valence-corrected chi connectivity index (χ2v) is 4.00. The minimum Gasteiger partial charge on any atom is -0.497 e. The molecule has 0 radical (unpaired) electrons. The Morgan fingerprint density at radius 2 is 2.20 bits per heavy atom. The van der Waals surface area contributed by atoms with Crippen LogP contribution < -0.4 is 9.64 Å². The number of ether oxygens (including phenoxy) is 1. The average molecular weight is 205 g/mol. The second-order valence-electron chi connectivity index (χ2n) is 4.00. The van der Waals surface area contributed by atoms with E-state index in [4.69, 9.17) is 4.74 Å². The molecule has 1 aromatic carbocycles. The van der Waals surface area contributed by atoms with Crippen LogP contribution in [0.25, 0.3) is 0 Å². The molecule has 1 amide bonds. The van der Waals surface area contributed by atoms with Crippen LogP contribution in [0.4, 0.5) is 5.69 Å². The van der Waals surface area contributed by atoms with Crippen molar-refractivity contribution < 1.29 is 9.53 Å². The molecule has 80 valence electrons. The largest absolute Gasteiger partial charge is 0.497 e. The highest BCUT2D eigenvalue weighted by atomic mass is 16.5. The fourth-order valence-electron chi connectivity index (χ4n) is 2.02. The molecule has 15 heavy (non-hydrogen) atoms. The summed E-state index contributed by atoms with van der Waals surface area (Å²) in [5.41, 5.74) is 2.18. The van der Waals surface area contributed by atoms with E-state index in [0.717, 1.165) is 17.9 Å². The Morgan fingerprint density at radius 1 is 1.47 bits per heavy atom. The monoisotopic (exact) mass is 205 g/mol. The predicted octanol–water partition coefficient (Wildman–Crippen LogP) is 1.85. The highest BCUT2D eigenvalue weighted by Crippen LogP contribution is 2.32. The number of nitrogens with zero attached hydrogens (tertiary/aromatic N) is 1. The molecule has 0 aliphatic carbocycles. The van der Waals surface area contributed by atoms with Crippen LogP contribution in [0.2, 0.25) is 0 Å². The number of fused-ring (bicyclic) bond motifs is 1. The van der Waals surface area contributed by atoms with E-state index in [1.165, 1.54) is 5.56 Å². The summed E-state index contributed by atoms with van der Waals surface area (Å²) in [6.07, 6.45) is 0.822. The Morgan fingerprint density at radius 3 is 2.87 bits per heavy atom. The molecule has 1 aliphatic heterocycles. The molecule has 1 atom stereocenters. The van der Waals surface area contributed by atoms with Gasteiger partial charge in [-0.3, -0.25) is 4.79 Å². The van der Waals surface area contributed by atoms with Gasteiger partial charge in [0.05, 0.1) is 12.8 Å². The highest BCUT2D eigenvalue weighted by molar-refractivity contribution is 5.97. The van der Waals surface area contributed by atoms with Gasteiger partial charge < -0.3 is 9.64 Å². The lowest BCUT2D eigenvalue weighted by molar-refractivity contribution is -0.121. The van der Waals surface area contributed by atoms with Crippen molar-refractivity contribution >= 4 is 11.6 Å². The lowest BCUT2D eigenvalue weighted by Gasteiger charge is -2.30. The van der Waals surface area contributed by atoms with Crippen molar-refractivity contribution in [2.24, 2.45) is 5.92 Å². The van der Waals surface area contributed by atoms with E-state index in [1.54, 1.807) is 12.0 Å².